The van der Waals surface area contributed by atoms with Crippen LogP contribution in [0.15, 0.2) is 47.8 Å². The number of carbonyl (C=O) groups is 3. The number of esters is 2. The summed E-state index contributed by atoms with van der Waals surface area (Å²) in [5.41, 5.74) is 0.931. The van der Waals surface area contributed by atoms with Crippen LogP contribution in [0.1, 0.15) is 12.0 Å². The van der Waals surface area contributed by atoms with Crippen molar-refractivity contribution in [2.24, 2.45) is 0 Å². The van der Waals surface area contributed by atoms with E-state index in [9.17, 15) is 14.4 Å². The van der Waals surface area contributed by atoms with Gasteiger partial charge in [0.05, 0.1) is 39.7 Å². The van der Waals surface area contributed by atoms with Gasteiger partial charge in [-0.1, -0.05) is 6.08 Å². The van der Waals surface area contributed by atoms with Gasteiger partial charge in [0, 0.05) is 24.3 Å². The van der Waals surface area contributed by atoms with Crippen molar-refractivity contribution >= 4 is 23.6 Å². The van der Waals surface area contributed by atoms with Crippen LogP contribution in [0.4, 0.5) is 5.69 Å². The number of anilines is 1. The van der Waals surface area contributed by atoms with E-state index < -0.39 is 17.9 Å². The van der Waals surface area contributed by atoms with Crippen molar-refractivity contribution in [1.29, 1.82) is 0 Å². The van der Waals surface area contributed by atoms with Crippen molar-refractivity contribution in [3.8, 4) is 11.5 Å². The third-order valence-electron chi connectivity index (χ3n) is 4.32. The van der Waals surface area contributed by atoms with Crippen LogP contribution >= 0.6 is 0 Å². The third kappa shape index (κ3) is 4.80. The average Bonchev–Trinajstić information content (AvgIpc) is 2.98. The molecule has 0 radical (unpaired) electrons. The average molecular weight is 417 g/mol. The number of carbonyl (C=O) groups excluding carboxylic acids is 2. The maximum absolute atomic E-state index is 12.6. The van der Waals surface area contributed by atoms with Gasteiger partial charge >= 0.3 is 17.9 Å². The predicted octanol–water partition coefficient (Wildman–Crippen LogP) is 2.21. The fraction of sp³-hybridized carbons (Fsp3) is 0.286. The number of benzene rings is 1. The standard InChI is InChI=1S/C21H23NO8/c1-27-16-12-14(11-13(19(16)28-2)8-9-17(23)24)22-10-6-5-7-15(20(25)29-3)18(22)21(26)30-4/h5-7,10-12H,8-9H2,1-4H3,(H,23,24). The summed E-state index contributed by atoms with van der Waals surface area (Å²) >= 11 is 0. The lowest BCUT2D eigenvalue weighted by Crippen LogP contribution is -2.27. The molecule has 160 valence electrons. The van der Waals surface area contributed by atoms with Gasteiger partial charge < -0.3 is 29.0 Å². The molecule has 9 nitrogen and oxygen atoms in total. The van der Waals surface area contributed by atoms with Crippen molar-refractivity contribution < 1.29 is 38.4 Å². The number of carboxylic acid groups (broad SMARTS) is 1. The molecule has 0 amide bonds. The fourth-order valence-corrected chi connectivity index (χ4v) is 2.96. The Morgan fingerprint density at radius 2 is 1.67 bits per heavy atom. The van der Waals surface area contributed by atoms with Crippen LogP contribution in [0.5, 0.6) is 11.5 Å². The number of methoxy groups -OCH3 is 4. The predicted molar refractivity (Wildman–Crippen MR) is 107 cm³/mol. The first-order valence-corrected chi connectivity index (χ1v) is 8.89. The lowest BCUT2D eigenvalue weighted by atomic mass is 10.1. The van der Waals surface area contributed by atoms with E-state index in [2.05, 4.69) is 0 Å². The quantitative estimate of drug-likeness (QED) is 0.636. The number of hydrogen-bond acceptors (Lipinski definition) is 8. The summed E-state index contributed by atoms with van der Waals surface area (Å²) in [4.78, 5) is 37.4. The van der Waals surface area contributed by atoms with Gasteiger partial charge in [0.25, 0.3) is 0 Å². The zero-order chi connectivity index (χ0) is 22.3. The lowest BCUT2D eigenvalue weighted by molar-refractivity contribution is -0.139. The van der Waals surface area contributed by atoms with Gasteiger partial charge in [-0.3, -0.25) is 4.79 Å². The molecular weight excluding hydrogens is 394 g/mol. The molecule has 0 saturated heterocycles. The molecule has 0 bridgehead atoms. The van der Waals surface area contributed by atoms with Crippen LogP contribution in [0.2, 0.25) is 0 Å². The lowest BCUT2D eigenvalue weighted by Gasteiger charge is -2.25. The third-order valence-corrected chi connectivity index (χ3v) is 4.32. The van der Waals surface area contributed by atoms with Crippen molar-refractivity contribution in [1.82, 2.24) is 0 Å². The Bertz CT molecular complexity index is 929. The molecule has 1 heterocycles. The number of ether oxygens (including phenoxy) is 4. The molecule has 1 N–H and O–H groups in total. The molecule has 0 saturated carbocycles. The monoisotopic (exact) mass is 417 g/mol. The highest BCUT2D eigenvalue weighted by Crippen LogP contribution is 2.38. The molecule has 1 aliphatic rings. The Labute approximate surface area is 173 Å². The number of hydrogen-bond donors (Lipinski definition) is 1. The summed E-state index contributed by atoms with van der Waals surface area (Å²) in [5, 5.41) is 9.07. The molecule has 1 aromatic carbocycles. The second kappa shape index (κ2) is 10.1. The second-order valence-electron chi connectivity index (χ2n) is 6.05. The molecule has 1 aliphatic heterocycles. The molecule has 30 heavy (non-hydrogen) atoms. The molecule has 0 unspecified atom stereocenters. The maximum atomic E-state index is 12.6. The Hall–Kier alpha value is -3.75. The number of aryl methyl sites for hydroxylation is 1. The van der Waals surface area contributed by atoms with E-state index in [0.717, 1.165) is 0 Å². The van der Waals surface area contributed by atoms with Crippen LogP contribution in [0, 0.1) is 0 Å². The normalized spacial score (nSPS) is 13.0. The summed E-state index contributed by atoms with van der Waals surface area (Å²) in [7, 11) is 5.31. The zero-order valence-corrected chi connectivity index (χ0v) is 17.1. The Balaban J connectivity index is 2.72. The molecule has 0 atom stereocenters. The smallest absolute Gasteiger partial charge is 0.355 e. The number of aliphatic carboxylic acids is 1. The Kier molecular flexibility index (Phi) is 7.62. The SMILES string of the molecule is COC(=O)C1=C(C(=O)OC)N(c2cc(CCC(=O)O)c(OC)c(OC)c2)C=CC=C1. The number of rotatable bonds is 8. The van der Waals surface area contributed by atoms with Crippen molar-refractivity contribution in [3.05, 3.63) is 53.4 Å². The van der Waals surface area contributed by atoms with Gasteiger partial charge in [-0.25, -0.2) is 9.59 Å². The summed E-state index contributed by atoms with van der Waals surface area (Å²) < 4.78 is 20.5. The van der Waals surface area contributed by atoms with E-state index in [1.165, 1.54) is 39.4 Å². The van der Waals surface area contributed by atoms with Gasteiger partial charge in [-0.2, -0.15) is 0 Å². The Morgan fingerprint density at radius 3 is 2.23 bits per heavy atom. The van der Waals surface area contributed by atoms with Crippen molar-refractivity contribution in [2.75, 3.05) is 33.3 Å². The summed E-state index contributed by atoms with van der Waals surface area (Å²) in [5.74, 6) is -1.72. The largest absolute Gasteiger partial charge is 0.493 e. The number of carboxylic acids is 1. The van der Waals surface area contributed by atoms with Gasteiger partial charge in [0.15, 0.2) is 11.5 Å². The van der Waals surface area contributed by atoms with E-state index in [1.807, 2.05) is 0 Å². The van der Waals surface area contributed by atoms with E-state index in [1.54, 1.807) is 30.5 Å². The first-order chi connectivity index (χ1) is 14.4. The Morgan fingerprint density at radius 1 is 0.967 bits per heavy atom. The van der Waals surface area contributed by atoms with Gasteiger partial charge in [0.1, 0.15) is 5.70 Å². The minimum atomic E-state index is -0.969. The van der Waals surface area contributed by atoms with Crippen LogP contribution in [-0.2, 0) is 30.3 Å². The molecule has 9 heteroatoms. The van der Waals surface area contributed by atoms with Crippen molar-refractivity contribution in [3.63, 3.8) is 0 Å². The second-order valence-corrected chi connectivity index (χ2v) is 6.05. The van der Waals surface area contributed by atoms with Gasteiger partial charge in [-0.05, 0) is 24.6 Å². The van der Waals surface area contributed by atoms with Crippen LogP contribution in [0.3, 0.4) is 0 Å². The van der Waals surface area contributed by atoms with Crippen LogP contribution < -0.4 is 14.4 Å². The molecule has 0 aliphatic carbocycles. The number of nitrogens with zero attached hydrogens (tertiary/aromatic N) is 1. The maximum Gasteiger partial charge on any atom is 0.355 e. The van der Waals surface area contributed by atoms with E-state index in [-0.39, 0.29) is 24.1 Å². The fourth-order valence-electron chi connectivity index (χ4n) is 2.96. The highest BCUT2D eigenvalue weighted by Gasteiger charge is 2.28. The van der Waals surface area contributed by atoms with Gasteiger partial charge in [0.2, 0.25) is 0 Å². The number of allylic oxidation sites excluding steroid dienone is 2. The molecule has 0 fully saturated rings. The molecule has 2 rings (SSSR count). The zero-order valence-electron chi connectivity index (χ0n) is 17.1. The first-order valence-electron chi connectivity index (χ1n) is 8.89. The molecule has 0 spiro atoms. The van der Waals surface area contributed by atoms with Crippen LogP contribution in [-0.4, -0.2) is 51.5 Å². The minimum absolute atomic E-state index is 0.00350. The van der Waals surface area contributed by atoms with Crippen LogP contribution in [0.25, 0.3) is 0 Å². The van der Waals surface area contributed by atoms with Crippen molar-refractivity contribution in [2.45, 2.75) is 12.8 Å². The molecular formula is C21H23NO8. The van der Waals surface area contributed by atoms with E-state index in [0.29, 0.717) is 22.7 Å². The summed E-state index contributed by atoms with van der Waals surface area (Å²) in [6.07, 6.45) is 6.27. The topological polar surface area (TPSA) is 112 Å². The van der Waals surface area contributed by atoms with E-state index in [4.69, 9.17) is 24.1 Å². The minimum Gasteiger partial charge on any atom is -0.493 e. The summed E-state index contributed by atoms with van der Waals surface area (Å²) in [6, 6.07) is 3.27. The van der Waals surface area contributed by atoms with Gasteiger partial charge in [-0.15, -0.1) is 0 Å². The van der Waals surface area contributed by atoms with E-state index >= 15 is 0 Å². The highest BCUT2D eigenvalue weighted by atomic mass is 16.5. The molecule has 1 aromatic rings. The summed E-state index contributed by atoms with van der Waals surface area (Å²) in [6.45, 7) is 0. The molecule has 0 aromatic heterocycles. The highest BCUT2D eigenvalue weighted by molar-refractivity contribution is 6.05. The first kappa shape index (κ1) is 22.5.